The van der Waals surface area contributed by atoms with Gasteiger partial charge in [0.1, 0.15) is 5.82 Å². The van der Waals surface area contributed by atoms with Gasteiger partial charge in [-0.1, -0.05) is 24.3 Å². The molecule has 3 atom stereocenters. The fraction of sp³-hybridized carbons (Fsp3) is 0.500. The molecule has 1 unspecified atom stereocenters. The summed E-state index contributed by atoms with van der Waals surface area (Å²) in [6.45, 7) is 5.67. The van der Waals surface area contributed by atoms with Gasteiger partial charge in [0.15, 0.2) is 0 Å². The molecular formula is C28H35FN4O2. The molecule has 35 heavy (non-hydrogen) atoms. The van der Waals surface area contributed by atoms with Gasteiger partial charge >= 0.3 is 0 Å². The maximum absolute atomic E-state index is 14.7. The highest BCUT2D eigenvalue weighted by Gasteiger charge is 2.41. The largest absolute Gasteiger partial charge is 0.339 e. The van der Waals surface area contributed by atoms with Gasteiger partial charge < -0.3 is 14.7 Å². The molecule has 2 fully saturated rings. The van der Waals surface area contributed by atoms with Crippen LogP contribution in [0.2, 0.25) is 0 Å². The van der Waals surface area contributed by atoms with Gasteiger partial charge in [0.05, 0.1) is 0 Å². The Kier molecular flexibility index (Phi) is 6.64. The van der Waals surface area contributed by atoms with E-state index in [-0.39, 0.29) is 23.7 Å². The van der Waals surface area contributed by atoms with Crippen LogP contribution >= 0.6 is 0 Å². The SMILES string of the molecule is CC(=O)N1CCN(C(=O)c2ccc([C@H]3CN(C4CCc5cccc(F)c54)C[C@@H]3N(C)C)cc2)CC1. The summed E-state index contributed by atoms with van der Waals surface area (Å²) in [4.78, 5) is 32.9. The van der Waals surface area contributed by atoms with Crippen molar-refractivity contribution in [2.24, 2.45) is 0 Å². The smallest absolute Gasteiger partial charge is 0.253 e. The first-order valence-corrected chi connectivity index (χ1v) is 12.7. The first-order chi connectivity index (χ1) is 16.8. The number of hydrogen-bond acceptors (Lipinski definition) is 4. The number of carbonyl (C=O) groups excluding carboxylic acids is 2. The average molecular weight is 479 g/mol. The molecule has 1 aliphatic carbocycles. The van der Waals surface area contributed by atoms with Crippen molar-refractivity contribution in [2.75, 3.05) is 53.4 Å². The predicted molar refractivity (Wildman–Crippen MR) is 134 cm³/mol. The molecule has 0 saturated carbocycles. The molecule has 6 nitrogen and oxygen atoms in total. The van der Waals surface area contributed by atoms with Gasteiger partial charge in [0, 0.05) is 75.3 Å². The van der Waals surface area contributed by atoms with Gasteiger partial charge in [-0.15, -0.1) is 0 Å². The van der Waals surface area contributed by atoms with Gasteiger partial charge in [-0.05, 0) is 56.3 Å². The monoisotopic (exact) mass is 478 g/mol. The summed E-state index contributed by atoms with van der Waals surface area (Å²) in [5.41, 5.74) is 3.94. The van der Waals surface area contributed by atoms with Crippen molar-refractivity contribution in [1.29, 1.82) is 0 Å². The fourth-order valence-electron chi connectivity index (χ4n) is 6.18. The summed E-state index contributed by atoms with van der Waals surface area (Å²) in [5, 5.41) is 0. The average Bonchev–Trinajstić information content (AvgIpc) is 3.49. The van der Waals surface area contributed by atoms with Crippen LogP contribution in [0.1, 0.15) is 52.4 Å². The number of hydrogen-bond donors (Lipinski definition) is 0. The Morgan fingerprint density at radius 1 is 0.943 bits per heavy atom. The summed E-state index contributed by atoms with van der Waals surface area (Å²) in [7, 11) is 4.23. The zero-order chi connectivity index (χ0) is 24.7. The van der Waals surface area contributed by atoms with E-state index in [1.54, 1.807) is 17.9 Å². The normalized spacial score (nSPS) is 24.8. The van der Waals surface area contributed by atoms with Gasteiger partial charge in [0.25, 0.3) is 5.91 Å². The van der Waals surface area contributed by atoms with Crippen LogP contribution in [0.15, 0.2) is 42.5 Å². The van der Waals surface area contributed by atoms with Gasteiger partial charge in [-0.25, -0.2) is 4.39 Å². The maximum atomic E-state index is 14.7. The number of likely N-dealkylation sites (tertiary alicyclic amines) is 1. The van der Waals surface area contributed by atoms with E-state index in [1.165, 1.54) is 5.56 Å². The van der Waals surface area contributed by atoms with Crippen molar-refractivity contribution in [3.05, 3.63) is 70.5 Å². The minimum atomic E-state index is -0.0816. The Bertz CT molecular complexity index is 1090. The Balaban J connectivity index is 1.30. The molecule has 5 rings (SSSR count). The van der Waals surface area contributed by atoms with Crippen LogP contribution in [-0.2, 0) is 11.2 Å². The van der Waals surface area contributed by atoms with E-state index in [2.05, 4.69) is 42.1 Å². The third-order valence-electron chi connectivity index (χ3n) is 8.18. The third kappa shape index (κ3) is 4.59. The topological polar surface area (TPSA) is 47.1 Å². The second-order valence-electron chi connectivity index (χ2n) is 10.4. The van der Waals surface area contributed by atoms with Crippen molar-refractivity contribution >= 4 is 11.8 Å². The molecule has 7 heteroatoms. The second kappa shape index (κ2) is 9.70. The molecular weight excluding hydrogens is 443 g/mol. The number of likely N-dealkylation sites (N-methyl/N-ethyl adjacent to an activating group) is 1. The third-order valence-corrected chi connectivity index (χ3v) is 8.18. The first kappa shape index (κ1) is 23.9. The number of nitrogens with zero attached hydrogens (tertiary/aromatic N) is 4. The van der Waals surface area contributed by atoms with Crippen LogP contribution in [0.25, 0.3) is 0 Å². The number of rotatable bonds is 4. The lowest BCUT2D eigenvalue weighted by Gasteiger charge is -2.34. The standard InChI is InChI=1S/C28H35FN4O2/c1-19(34)31-13-15-32(16-14-31)28(35)22-9-7-20(8-10-22)23-17-33(18-26(23)30(2)3)25-12-11-21-5-4-6-24(29)27(21)25/h4-10,23,25-26H,11-18H2,1-3H3/t23-,25?,26+/m1/s1. The lowest BCUT2D eigenvalue weighted by atomic mass is 9.93. The fourth-order valence-corrected chi connectivity index (χ4v) is 6.18. The summed E-state index contributed by atoms with van der Waals surface area (Å²) >= 11 is 0. The molecule has 0 N–H and O–H groups in total. The van der Waals surface area contributed by atoms with Crippen molar-refractivity contribution in [3.63, 3.8) is 0 Å². The molecule has 2 aliphatic heterocycles. The number of aryl methyl sites for hydroxylation is 1. The zero-order valence-corrected chi connectivity index (χ0v) is 20.9. The summed E-state index contributed by atoms with van der Waals surface area (Å²) in [6.07, 6.45) is 1.90. The number of carbonyl (C=O) groups is 2. The molecule has 0 radical (unpaired) electrons. The quantitative estimate of drug-likeness (QED) is 0.678. The molecule has 2 saturated heterocycles. The van der Waals surface area contributed by atoms with E-state index in [0.717, 1.165) is 37.1 Å². The minimum Gasteiger partial charge on any atom is -0.339 e. The predicted octanol–water partition coefficient (Wildman–Crippen LogP) is 3.15. The second-order valence-corrected chi connectivity index (χ2v) is 10.4. The van der Waals surface area contributed by atoms with Gasteiger partial charge in [-0.3, -0.25) is 14.5 Å². The summed E-state index contributed by atoms with van der Waals surface area (Å²) < 4.78 is 14.7. The van der Waals surface area contributed by atoms with E-state index in [0.29, 0.717) is 43.7 Å². The van der Waals surface area contributed by atoms with Crippen LogP contribution in [-0.4, -0.2) is 90.8 Å². The number of halogens is 1. The molecule has 0 spiro atoms. The van der Waals surface area contributed by atoms with Crippen LogP contribution in [0, 0.1) is 5.82 Å². The van der Waals surface area contributed by atoms with Crippen LogP contribution < -0.4 is 0 Å². The molecule has 2 amide bonds. The Morgan fingerprint density at radius 3 is 2.29 bits per heavy atom. The van der Waals surface area contributed by atoms with Crippen LogP contribution in [0.5, 0.6) is 0 Å². The van der Waals surface area contributed by atoms with E-state index in [9.17, 15) is 14.0 Å². The lowest BCUT2D eigenvalue weighted by molar-refractivity contribution is -0.130. The highest BCUT2D eigenvalue weighted by Crippen LogP contribution is 2.42. The number of piperazine rings is 1. The number of fused-ring (bicyclic) bond motifs is 1. The van der Waals surface area contributed by atoms with E-state index < -0.39 is 0 Å². The number of amides is 2. The van der Waals surface area contributed by atoms with Crippen LogP contribution in [0.4, 0.5) is 4.39 Å². The van der Waals surface area contributed by atoms with E-state index in [4.69, 9.17) is 0 Å². The van der Waals surface area contributed by atoms with Gasteiger partial charge in [-0.2, -0.15) is 0 Å². The van der Waals surface area contributed by atoms with Crippen LogP contribution in [0.3, 0.4) is 0 Å². The molecule has 2 aromatic carbocycles. The molecule has 2 aromatic rings. The highest BCUT2D eigenvalue weighted by atomic mass is 19.1. The first-order valence-electron chi connectivity index (χ1n) is 12.7. The Labute approximate surface area is 207 Å². The molecule has 0 bridgehead atoms. The molecule has 0 aromatic heterocycles. The van der Waals surface area contributed by atoms with Gasteiger partial charge in [0.2, 0.25) is 5.91 Å². The maximum Gasteiger partial charge on any atom is 0.253 e. The zero-order valence-electron chi connectivity index (χ0n) is 20.9. The number of benzene rings is 2. The summed E-state index contributed by atoms with van der Waals surface area (Å²) in [5.74, 6) is 0.298. The van der Waals surface area contributed by atoms with Crippen molar-refractivity contribution in [1.82, 2.24) is 19.6 Å². The molecule has 186 valence electrons. The van der Waals surface area contributed by atoms with E-state index in [1.807, 2.05) is 23.1 Å². The summed E-state index contributed by atoms with van der Waals surface area (Å²) in [6, 6.07) is 14.0. The molecule has 3 aliphatic rings. The van der Waals surface area contributed by atoms with Crippen molar-refractivity contribution in [2.45, 2.75) is 37.8 Å². The van der Waals surface area contributed by atoms with E-state index >= 15 is 0 Å². The molecule has 2 heterocycles. The minimum absolute atomic E-state index is 0.0231. The Hall–Kier alpha value is -2.77. The van der Waals surface area contributed by atoms with Crippen molar-refractivity contribution in [3.8, 4) is 0 Å². The highest BCUT2D eigenvalue weighted by molar-refractivity contribution is 5.94. The Morgan fingerprint density at radius 2 is 1.63 bits per heavy atom. The van der Waals surface area contributed by atoms with Crippen molar-refractivity contribution < 1.29 is 14.0 Å². The lowest BCUT2D eigenvalue weighted by Crippen LogP contribution is -2.50.